The van der Waals surface area contributed by atoms with Gasteiger partial charge in [0.1, 0.15) is 5.75 Å². The third kappa shape index (κ3) is 4.72. The quantitative estimate of drug-likeness (QED) is 0.663. The van der Waals surface area contributed by atoms with Crippen molar-refractivity contribution in [1.82, 2.24) is 35.3 Å². The maximum atomic E-state index is 12.4. The fourth-order valence-electron chi connectivity index (χ4n) is 3.23. The number of hydrogen-bond donors (Lipinski definition) is 1. The number of nitrogens with one attached hydrogen (secondary N) is 1. The third-order valence-corrected chi connectivity index (χ3v) is 5.75. The molecule has 0 atom stereocenters. The lowest BCUT2D eigenvalue weighted by atomic mass is 10.3. The molecule has 2 amide bonds. The van der Waals surface area contributed by atoms with Crippen LogP contribution in [0.1, 0.15) is 10.7 Å². The lowest BCUT2D eigenvalue weighted by molar-refractivity contribution is 0.133. The van der Waals surface area contributed by atoms with Crippen molar-refractivity contribution >= 4 is 17.4 Å². The van der Waals surface area contributed by atoms with E-state index in [0.717, 1.165) is 35.2 Å². The molecule has 0 saturated carbocycles. The number of benzene rings is 1. The fourth-order valence-corrected chi connectivity index (χ4v) is 3.87. The van der Waals surface area contributed by atoms with Crippen molar-refractivity contribution in [3.8, 4) is 11.4 Å². The van der Waals surface area contributed by atoms with Crippen LogP contribution in [0.5, 0.6) is 5.75 Å². The summed E-state index contributed by atoms with van der Waals surface area (Å²) in [6.45, 7) is 4.13. The monoisotopic (exact) mass is 413 g/mol. The summed E-state index contributed by atoms with van der Waals surface area (Å²) in [5, 5.41) is 17.1. The Morgan fingerprint density at radius 2 is 1.97 bits per heavy atom. The molecule has 1 N–H and O–H groups in total. The van der Waals surface area contributed by atoms with Crippen LogP contribution in [0.3, 0.4) is 0 Å². The third-order valence-electron chi connectivity index (χ3n) is 4.87. The summed E-state index contributed by atoms with van der Waals surface area (Å²) in [5.41, 5.74) is 0.886. The Hall–Kier alpha value is -2.98. The van der Waals surface area contributed by atoms with Crippen molar-refractivity contribution in [1.29, 1.82) is 0 Å². The van der Waals surface area contributed by atoms with E-state index < -0.39 is 0 Å². The fraction of sp³-hybridized carbons (Fsp3) is 0.368. The number of carbonyl (C=O) groups is 1. The Labute approximate surface area is 172 Å². The predicted molar refractivity (Wildman–Crippen MR) is 109 cm³/mol. The summed E-state index contributed by atoms with van der Waals surface area (Å²) in [7, 11) is 1.64. The van der Waals surface area contributed by atoms with Crippen molar-refractivity contribution in [2.45, 2.75) is 13.1 Å². The van der Waals surface area contributed by atoms with E-state index in [0.29, 0.717) is 26.2 Å². The molecule has 0 unspecified atom stereocenters. The number of ether oxygens (including phenoxy) is 1. The number of tetrazole rings is 1. The Bertz CT molecular complexity index is 918. The average Bonchev–Trinajstić information content (AvgIpc) is 3.45. The SMILES string of the molecule is COc1ccc(-n2nnnc2CN2CCN(C(=O)NCc3cccs3)CC2)cc1. The van der Waals surface area contributed by atoms with Gasteiger partial charge in [-0.15, -0.1) is 16.4 Å². The zero-order valence-corrected chi connectivity index (χ0v) is 17.0. The largest absolute Gasteiger partial charge is 0.497 e. The standard InChI is InChI=1S/C19H23N7O2S/c1-28-16-6-4-15(5-7-16)26-18(21-22-23-26)14-24-8-10-25(11-9-24)19(27)20-13-17-3-2-12-29-17/h2-7,12H,8-11,13-14H2,1H3,(H,20,27). The topological polar surface area (TPSA) is 88.4 Å². The van der Waals surface area contributed by atoms with Gasteiger partial charge in [0, 0.05) is 31.1 Å². The Kier molecular flexibility index (Phi) is 6.01. The van der Waals surface area contributed by atoms with Crippen LogP contribution >= 0.6 is 11.3 Å². The van der Waals surface area contributed by atoms with Crippen molar-refractivity contribution in [3.05, 3.63) is 52.5 Å². The van der Waals surface area contributed by atoms with Gasteiger partial charge in [-0.25, -0.2) is 4.79 Å². The van der Waals surface area contributed by atoms with E-state index >= 15 is 0 Å². The molecular weight excluding hydrogens is 390 g/mol. The van der Waals surface area contributed by atoms with Crippen LogP contribution in [0.4, 0.5) is 4.79 Å². The number of rotatable bonds is 6. The molecule has 3 aromatic rings. The number of amides is 2. The average molecular weight is 414 g/mol. The first-order valence-electron chi connectivity index (χ1n) is 9.42. The molecule has 29 heavy (non-hydrogen) atoms. The molecule has 0 radical (unpaired) electrons. The van der Waals surface area contributed by atoms with Crippen molar-refractivity contribution < 1.29 is 9.53 Å². The molecule has 1 fully saturated rings. The van der Waals surface area contributed by atoms with E-state index in [9.17, 15) is 4.79 Å². The number of piperazine rings is 1. The van der Waals surface area contributed by atoms with Gasteiger partial charge in [0.05, 0.1) is 25.9 Å². The first kappa shape index (κ1) is 19.3. The highest BCUT2D eigenvalue weighted by atomic mass is 32.1. The number of methoxy groups -OCH3 is 1. The van der Waals surface area contributed by atoms with Crippen LogP contribution < -0.4 is 10.1 Å². The molecule has 1 aromatic carbocycles. The molecule has 9 nitrogen and oxygen atoms in total. The molecule has 2 aromatic heterocycles. The Morgan fingerprint density at radius 1 is 1.17 bits per heavy atom. The van der Waals surface area contributed by atoms with E-state index in [1.807, 2.05) is 46.7 Å². The minimum Gasteiger partial charge on any atom is -0.497 e. The smallest absolute Gasteiger partial charge is 0.317 e. The van der Waals surface area contributed by atoms with E-state index in [1.54, 1.807) is 23.1 Å². The summed E-state index contributed by atoms with van der Waals surface area (Å²) >= 11 is 1.65. The van der Waals surface area contributed by atoms with Gasteiger partial charge >= 0.3 is 6.03 Å². The van der Waals surface area contributed by atoms with Gasteiger partial charge in [-0.1, -0.05) is 6.07 Å². The van der Waals surface area contributed by atoms with Crippen molar-refractivity contribution in [2.24, 2.45) is 0 Å². The molecule has 0 bridgehead atoms. The molecule has 1 aliphatic heterocycles. The summed E-state index contributed by atoms with van der Waals surface area (Å²) in [4.78, 5) is 17.6. The van der Waals surface area contributed by atoms with Crippen LogP contribution in [0.25, 0.3) is 5.69 Å². The summed E-state index contributed by atoms with van der Waals surface area (Å²) < 4.78 is 6.94. The van der Waals surface area contributed by atoms with Crippen LogP contribution in [0.15, 0.2) is 41.8 Å². The van der Waals surface area contributed by atoms with Crippen LogP contribution in [-0.4, -0.2) is 69.3 Å². The van der Waals surface area contributed by atoms with Gasteiger partial charge in [0.25, 0.3) is 0 Å². The minimum atomic E-state index is -0.0129. The highest BCUT2D eigenvalue weighted by Crippen LogP contribution is 2.16. The van der Waals surface area contributed by atoms with Gasteiger partial charge in [0.15, 0.2) is 5.82 Å². The first-order chi connectivity index (χ1) is 14.2. The number of aromatic nitrogens is 4. The predicted octanol–water partition coefficient (Wildman–Crippen LogP) is 1.76. The van der Waals surface area contributed by atoms with Crippen LogP contribution in [0.2, 0.25) is 0 Å². The van der Waals surface area contributed by atoms with Crippen LogP contribution in [0, 0.1) is 0 Å². The van der Waals surface area contributed by atoms with Crippen LogP contribution in [-0.2, 0) is 13.1 Å². The van der Waals surface area contributed by atoms with Gasteiger partial charge in [-0.2, -0.15) is 4.68 Å². The highest BCUT2D eigenvalue weighted by molar-refractivity contribution is 7.09. The summed E-state index contributed by atoms with van der Waals surface area (Å²) in [5.74, 6) is 1.56. The van der Waals surface area contributed by atoms with E-state index in [1.165, 1.54) is 0 Å². The van der Waals surface area contributed by atoms with Gasteiger partial charge in [-0.3, -0.25) is 4.90 Å². The van der Waals surface area contributed by atoms with Crippen molar-refractivity contribution in [3.63, 3.8) is 0 Å². The molecule has 10 heteroatoms. The maximum Gasteiger partial charge on any atom is 0.317 e. The molecular formula is C19H23N7O2S. The summed E-state index contributed by atoms with van der Waals surface area (Å²) in [6.07, 6.45) is 0. The zero-order valence-electron chi connectivity index (χ0n) is 16.2. The first-order valence-corrected chi connectivity index (χ1v) is 10.3. The zero-order chi connectivity index (χ0) is 20.1. The van der Waals surface area contributed by atoms with E-state index in [4.69, 9.17) is 4.74 Å². The molecule has 1 saturated heterocycles. The number of nitrogens with zero attached hydrogens (tertiary/aromatic N) is 6. The Morgan fingerprint density at radius 3 is 2.66 bits per heavy atom. The summed E-state index contributed by atoms with van der Waals surface area (Å²) in [6, 6.07) is 11.6. The molecule has 152 valence electrons. The number of urea groups is 1. The number of thiophene rings is 1. The normalized spacial score (nSPS) is 14.7. The second kappa shape index (κ2) is 9.01. The lowest BCUT2D eigenvalue weighted by Gasteiger charge is -2.34. The highest BCUT2D eigenvalue weighted by Gasteiger charge is 2.22. The van der Waals surface area contributed by atoms with Gasteiger partial charge in [-0.05, 0) is 46.1 Å². The molecule has 0 spiro atoms. The molecule has 1 aliphatic rings. The van der Waals surface area contributed by atoms with Gasteiger partial charge < -0.3 is 15.0 Å². The van der Waals surface area contributed by atoms with E-state index in [2.05, 4.69) is 25.7 Å². The van der Waals surface area contributed by atoms with Crippen molar-refractivity contribution in [2.75, 3.05) is 33.3 Å². The van der Waals surface area contributed by atoms with E-state index in [-0.39, 0.29) is 6.03 Å². The molecule has 3 heterocycles. The van der Waals surface area contributed by atoms with Gasteiger partial charge in [0.2, 0.25) is 0 Å². The second-order valence-electron chi connectivity index (χ2n) is 6.71. The Balaban J connectivity index is 1.30. The molecule has 4 rings (SSSR count). The maximum absolute atomic E-state index is 12.4. The number of carbonyl (C=O) groups excluding carboxylic acids is 1. The second-order valence-corrected chi connectivity index (χ2v) is 7.74. The number of hydrogen-bond acceptors (Lipinski definition) is 7. The lowest BCUT2D eigenvalue weighted by Crippen LogP contribution is -2.51. The minimum absolute atomic E-state index is 0.0129. The molecule has 0 aliphatic carbocycles.